The molecular weight excluding hydrogens is 524 g/mol. The molecule has 0 saturated carbocycles. The maximum absolute atomic E-state index is 13.3. The molecule has 10 heteroatoms. The number of aliphatic hydroxyl groups is 1. The molecule has 2 N–H and O–H groups in total. The van der Waals surface area contributed by atoms with Crippen molar-refractivity contribution in [1.29, 1.82) is 0 Å². The lowest BCUT2D eigenvalue weighted by Crippen LogP contribution is -2.40. The number of H-pyrrole nitrogens is 1. The third kappa shape index (κ3) is 4.51. The van der Waals surface area contributed by atoms with Crippen LogP contribution in [0, 0.1) is 6.92 Å². The Morgan fingerprint density at radius 1 is 1.07 bits per heavy atom. The molecule has 1 amide bonds. The first-order chi connectivity index (χ1) is 19.5. The number of ether oxygens (including phenoxy) is 1. The highest BCUT2D eigenvalue weighted by molar-refractivity contribution is 7.23. The lowest BCUT2D eigenvalue weighted by atomic mass is 10.0. The van der Waals surface area contributed by atoms with E-state index in [1.807, 2.05) is 41.6 Å². The fourth-order valence-corrected chi connectivity index (χ4v) is 6.83. The van der Waals surface area contributed by atoms with Crippen LogP contribution < -0.4 is 4.90 Å². The van der Waals surface area contributed by atoms with Gasteiger partial charge in [-0.3, -0.25) is 4.79 Å². The number of hydrogen-bond donors (Lipinski definition) is 2. The Balaban J connectivity index is 1.32. The van der Waals surface area contributed by atoms with E-state index in [0.29, 0.717) is 50.5 Å². The van der Waals surface area contributed by atoms with E-state index >= 15 is 0 Å². The number of thiophene rings is 1. The number of benzene rings is 1. The Bertz CT molecular complexity index is 1720. The van der Waals surface area contributed by atoms with Gasteiger partial charge in [-0.25, -0.2) is 15.0 Å². The predicted octanol–water partition coefficient (Wildman–Crippen LogP) is 4.64. The smallest absolute Gasteiger partial charge is 0.253 e. The molecule has 7 rings (SSSR count). The van der Waals surface area contributed by atoms with Crippen molar-refractivity contribution in [3.63, 3.8) is 0 Å². The van der Waals surface area contributed by atoms with E-state index in [0.717, 1.165) is 61.7 Å². The highest BCUT2D eigenvalue weighted by atomic mass is 32.1. The van der Waals surface area contributed by atoms with Gasteiger partial charge in [0, 0.05) is 60.0 Å². The van der Waals surface area contributed by atoms with Crippen molar-refractivity contribution in [2.45, 2.75) is 25.9 Å². The molecule has 0 aliphatic carbocycles. The highest BCUT2D eigenvalue weighted by Crippen LogP contribution is 2.42. The van der Waals surface area contributed by atoms with Crippen molar-refractivity contribution in [3.8, 4) is 21.8 Å². The highest BCUT2D eigenvalue weighted by Gasteiger charge is 2.25. The van der Waals surface area contributed by atoms with Crippen LogP contribution in [-0.2, 0) is 4.74 Å². The number of likely N-dealkylation sites (tertiary alicyclic amines) is 1. The van der Waals surface area contributed by atoms with Gasteiger partial charge in [-0.2, -0.15) is 0 Å². The molecule has 0 unspecified atom stereocenters. The van der Waals surface area contributed by atoms with Gasteiger partial charge in [0.15, 0.2) is 11.6 Å². The number of nitrogens with one attached hydrogen (secondary N) is 1. The van der Waals surface area contributed by atoms with Crippen molar-refractivity contribution >= 4 is 44.3 Å². The van der Waals surface area contributed by atoms with E-state index in [9.17, 15) is 9.90 Å². The minimum Gasteiger partial charge on any atom is -0.393 e. The summed E-state index contributed by atoms with van der Waals surface area (Å²) in [6.45, 7) is 6.11. The molecule has 6 heterocycles. The summed E-state index contributed by atoms with van der Waals surface area (Å²) in [5.41, 5.74) is 5.35. The number of carbonyl (C=O) groups excluding carboxylic acids is 1. The summed E-state index contributed by atoms with van der Waals surface area (Å²) in [7, 11) is 0. The number of aryl methyl sites for hydroxylation is 1. The number of anilines is 1. The summed E-state index contributed by atoms with van der Waals surface area (Å²) in [5, 5.41) is 10.9. The summed E-state index contributed by atoms with van der Waals surface area (Å²) in [4.78, 5) is 36.4. The number of piperidine rings is 1. The van der Waals surface area contributed by atoms with Gasteiger partial charge in [-0.15, -0.1) is 11.3 Å². The Morgan fingerprint density at radius 2 is 1.90 bits per heavy atom. The fraction of sp³-hybridized carbons (Fsp3) is 0.333. The second-order valence-electron chi connectivity index (χ2n) is 10.4. The fourth-order valence-electron chi connectivity index (χ4n) is 5.57. The Labute approximate surface area is 235 Å². The monoisotopic (exact) mass is 554 g/mol. The molecule has 2 fully saturated rings. The SMILES string of the molecule is Cc1c(-c2cccc(C(=O)N3CCC(O)CC3)c2)sc2c(N3CCOCC3)nc(-c3cnc4[nH]ccc4c3)nc12. The lowest BCUT2D eigenvalue weighted by Gasteiger charge is -2.29. The molecule has 0 spiro atoms. The van der Waals surface area contributed by atoms with Gasteiger partial charge in [-0.05, 0) is 55.2 Å². The first kappa shape index (κ1) is 25.1. The van der Waals surface area contributed by atoms with E-state index in [1.54, 1.807) is 11.3 Å². The van der Waals surface area contributed by atoms with Crippen LogP contribution in [0.1, 0.15) is 28.8 Å². The molecule has 9 nitrogen and oxygen atoms in total. The maximum Gasteiger partial charge on any atom is 0.253 e. The van der Waals surface area contributed by atoms with E-state index in [1.165, 1.54) is 0 Å². The van der Waals surface area contributed by atoms with E-state index in [4.69, 9.17) is 14.7 Å². The molecule has 5 aromatic rings. The van der Waals surface area contributed by atoms with Crippen LogP contribution in [0.5, 0.6) is 0 Å². The van der Waals surface area contributed by atoms with Crippen LogP contribution in [0.4, 0.5) is 5.82 Å². The third-order valence-corrected chi connectivity index (χ3v) is 9.17. The number of aliphatic hydroxyl groups excluding tert-OH is 1. The van der Waals surface area contributed by atoms with Gasteiger partial charge in [0.2, 0.25) is 0 Å². The standard InChI is InChI=1S/C30H30N6O3S/c1-18-24-26(40-25(18)19-3-2-4-21(15-19)30(38)36-9-6-23(37)7-10-36)29(35-11-13-39-14-12-35)34-28(33-24)22-16-20-5-8-31-27(20)32-17-22/h2-5,8,15-17,23,37H,6-7,9-14H2,1H3,(H,31,32). The summed E-state index contributed by atoms with van der Waals surface area (Å²) in [5.74, 6) is 1.57. The predicted molar refractivity (Wildman–Crippen MR) is 157 cm³/mol. The number of aromatic nitrogens is 4. The number of fused-ring (bicyclic) bond motifs is 2. The molecular formula is C30H30N6O3S. The first-order valence-corrected chi connectivity index (χ1v) is 14.5. The van der Waals surface area contributed by atoms with Crippen molar-refractivity contribution < 1.29 is 14.6 Å². The van der Waals surface area contributed by atoms with E-state index in [-0.39, 0.29) is 12.0 Å². The third-order valence-electron chi connectivity index (χ3n) is 7.84. The van der Waals surface area contributed by atoms with E-state index in [2.05, 4.69) is 33.9 Å². The molecule has 2 aliphatic heterocycles. The van der Waals surface area contributed by atoms with Gasteiger partial charge in [0.1, 0.15) is 5.65 Å². The number of aromatic amines is 1. The van der Waals surface area contributed by atoms with Gasteiger partial charge >= 0.3 is 0 Å². The molecule has 40 heavy (non-hydrogen) atoms. The number of morpholine rings is 1. The summed E-state index contributed by atoms with van der Waals surface area (Å²) in [6.07, 6.45) is 4.63. The minimum atomic E-state index is -0.316. The van der Waals surface area contributed by atoms with Crippen molar-refractivity contribution in [1.82, 2.24) is 24.8 Å². The normalized spacial score (nSPS) is 16.8. The molecule has 204 valence electrons. The van der Waals surface area contributed by atoms with Gasteiger partial charge in [-0.1, -0.05) is 12.1 Å². The average molecular weight is 555 g/mol. The Morgan fingerprint density at radius 3 is 2.73 bits per heavy atom. The summed E-state index contributed by atoms with van der Waals surface area (Å²) >= 11 is 1.68. The maximum atomic E-state index is 13.3. The molecule has 2 aliphatic rings. The van der Waals surface area contributed by atoms with Crippen molar-refractivity contribution in [2.24, 2.45) is 0 Å². The van der Waals surface area contributed by atoms with Gasteiger partial charge in [0.25, 0.3) is 5.91 Å². The van der Waals surface area contributed by atoms with E-state index < -0.39 is 0 Å². The molecule has 4 aromatic heterocycles. The van der Waals surface area contributed by atoms with Crippen molar-refractivity contribution in [2.75, 3.05) is 44.3 Å². The molecule has 0 radical (unpaired) electrons. The van der Waals surface area contributed by atoms with Crippen LogP contribution in [0.2, 0.25) is 0 Å². The largest absolute Gasteiger partial charge is 0.393 e. The number of carbonyl (C=O) groups is 1. The average Bonchev–Trinajstić information content (AvgIpc) is 3.61. The summed E-state index contributed by atoms with van der Waals surface area (Å²) < 4.78 is 6.67. The minimum absolute atomic E-state index is 0.0104. The molecule has 0 atom stereocenters. The van der Waals surface area contributed by atoms with Crippen LogP contribution in [0.3, 0.4) is 0 Å². The van der Waals surface area contributed by atoms with Gasteiger partial charge in [0.05, 0.1) is 29.5 Å². The van der Waals surface area contributed by atoms with Crippen molar-refractivity contribution in [3.05, 3.63) is 59.9 Å². The van der Waals surface area contributed by atoms with Crippen LogP contribution >= 0.6 is 11.3 Å². The second-order valence-corrected chi connectivity index (χ2v) is 11.5. The first-order valence-electron chi connectivity index (χ1n) is 13.7. The second kappa shape index (κ2) is 10.3. The zero-order valence-electron chi connectivity index (χ0n) is 22.3. The van der Waals surface area contributed by atoms with Crippen LogP contribution in [-0.4, -0.2) is 81.3 Å². The number of hydrogen-bond acceptors (Lipinski definition) is 8. The topological polar surface area (TPSA) is 107 Å². The molecule has 0 bridgehead atoms. The Kier molecular flexibility index (Phi) is 6.45. The number of pyridine rings is 1. The zero-order valence-corrected chi connectivity index (χ0v) is 23.1. The van der Waals surface area contributed by atoms with Crippen LogP contribution in [0.25, 0.3) is 43.1 Å². The van der Waals surface area contributed by atoms with Crippen LogP contribution in [0.15, 0.2) is 48.8 Å². The summed E-state index contributed by atoms with van der Waals surface area (Å²) in [6, 6.07) is 11.9. The quantitative estimate of drug-likeness (QED) is 0.333. The zero-order chi connectivity index (χ0) is 27.2. The number of rotatable bonds is 4. The number of nitrogens with zero attached hydrogens (tertiary/aromatic N) is 5. The Hall–Kier alpha value is -3.86. The lowest BCUT2D eigenvalue weighted by molar-refractivity contribution is 0.0546. The molecule has 2 saturated heterocycles. The van der Waals surface area contributed by atoms with Gasteiger partial charge < -0.3 is 24.6 Å². The molecule has 1 aromatic carbocycles. The number of amides is 1.